The molecule has 0 aliphatic carbocycles. The van der Waals surface area contributed by atoms with E-state index in [0.717, 1.165) is 21.1 Å². The van der Waals surface area contributed by atoms with Gasteiger partial charge in [-0.1, -0.05) is 17.4 Å². The number of ether oxygens (including phenoxy) is 1. The molecule has 0 saturated carbocycles. The minimum Gasteiger partial charge on any atom is -0.488 e. The van der Waals surface area contributed by atoms with Crippen molar-refractivity contribution in [3.63, 3.8) is 0 Å². The summed E-state index contributed by atoms with van der Waals surface area (Å²) >= 11 is 1.63. The van der Waals surface area contributed by atoms with Crippen LogP contribution >= 0.6 is 36.2 Å². The lowest BCUT2D eigenvalue weighted by Crippen LogP contribution is -2.36. The molecule has 8 heteroatoms. The molecule has 0 fully saturated rings. The number of halogens is 2. The number of rotatable bonds is 4. The number of nitrogens with zero attached hydrogens (tertiary/aromatic N) is 2. The molecule has 0 aliphatic heterocycles. The molecule has 0 aliphatic rings. The van der Waals surface area contributed by atoms with Gasteiger partial charge >= 0.3 is 0 Å². The highest BCUT2D eigenvalue weighted by Crippen LogP contribution is 2.33. The predicted octanol–water partition coefficient (Wildman–Crippen LogP) is 1.83. The fourth-order valence-corrected chi connectivity index (χ4v) is 2.31. The van der Waals surface area contributed by atoms with Crippen molar-refractivity contribution < 1.29 is 4.74 Å². The quantitative estimate of drug-likeness (QED) is 0.839. The van der Waals surface area contributed by atoms with Crippen LogP contribution in [-0.4, -0.2) is 31.9 Å². The summed E-state index contributed by atoms with van der Waals surface area (Å²) in [4.78, 5) is 6.50. The fourth-order valence-electron chi connectivity index (χ4n) is 1.41. The molecule has 0 bridgehead atoms. The Balaban J connectivity index is 0.00000162. The maximum atomic E-state index is 5.55. The van der Waals surface area contributed by atoms with Crippen LogP contribution in [0.25, 0.3) is 10.2 Å². The van der Waals surface area contributed by atoms with E-state index in [-0.39, 0.29) is 31.4 Å². The van der Waals surface area contributed by atoms with Gasteiger partial charge in [-0.25, -0.2) is 4.98 Å². The Bertz CT molecular complexity index is 518. The van der Waals surface area contributed by atoms with Crippen molar-refractivity contribution in [2.45, 2.75) is 6.17 Å². The average molecular weight is 325 g/mol. The molecule has 0 spiro atoms. The van der Waals surface area contributed by atoms with Gasteiger partial charge < -0.3 is 21.1 Å². The maximum absolute atomic E-state index is 5.55. The van der Waals surface area contributed by atoms with E-state index in [1.54, 1.807) is 11.3 Å². The molecule has 0 atom stereocenters. The third-order valence-electron chi connectivity index (χ3n) is 2.18. The summed E-state index contributed by atoms with van der Waals surface area (Å²) in [6.45, 7) is 0.286. The highest BCUT2D eigenvalue weighted by atomic mass is 35.5. The topological polar surface area (TPSA) is 77.4 Å². The maximum Gasteiger partial charge on any atom is 0.186 e. The minimum atomic E-state index is -0.475. The summed E-state index contributed by atoms with van der Waals surface area (Å²) in [5.41, 5.74) is 11.8. The largest absolute Gasteiger partial charge is 0.488 e. The third-order valence-corrected chi connectivity index (χ3v) is 3.37. The van der Waals surface area contributed by atoms with Crippen LogP contribution in [0.3, 0.4) is 0 Å². The molecule has 0 unspecified atom stereocenters. The molecule has 1 aromatic heterocycles. The highest BCUT2D eigenvalue weighted by Gasteiger charge is 2.10. The zero-order chi connectivity index (χ0) is 12.4. The van der Waals surface area contributed by atoms with Crippen LogP contribution in [0.4, 0.5) is 5.13 Å². The lowest BCUT2D eigenvalue weighted by molar-refractivity contribution is 0.294. The Hall–Kier alpha value is -0.790. The van der Waals surface area contributed by atoms with E-state index in [0.29, 0.717) is 0 Å². The van der Waals surface area contributed by atoms with Crippen LogP contribution in [0.1, 0.15) is 0 Å². The van der Waals surface area contributed by atoms with Gasteiger partial charge in [-0.3, -0.25) is 0 Å². The Morgan fingerprint density at radius 2 is 2.00 bits per heavy atom. The molecule has 4 N–H and O–H groups in total. The number of para-hydroxylation sites is 1. The first-order chi connectivity index (χ1) is 8.08. The molecule has 0 amide bonds. The van der Waals surface area contributed by atoms with Crippen molar-refractivity contribution in [1.29, 1.82) is 0 Å². The number of anilines is 1. The Morgan fingerprint density at radius 3 is 2.58 bits per heavy atom. The van der Waals surface area contributed by atoms with Crippen LogP contribution in [0.15, 0.2) is 18.2 Å². The monoisotopic (exact) mass is 324 g/mol. The second-order valence-electron chi connectivity index (χ2n) is 3.97. The second-order valence-corrected chi connectivity index (χ2v) is 4.98. The number of fused-ring (bicyclic) bond motifs is 1. The van der Waals surface area contributed by atoms with Crippen LogP contribution in [-0.2, 0) is 0 Å². The van der Waals surface area contributed by atoms with E-state index >= 15 is 0 Å². The van der Waals surface area contributed by atoms with Crippen LogP contribution in [0, 0.1) is 0 Å². The highest BCUT2D eigenvalue weighted by molar-refractivity contribution is 7.22. The van der Waals surface area contributed by atoms with Gasteiger partial charge in [0.05, 0.1) is 10.9 Å². The molecule has 2 aromatic rings. The molecule has 108 valence electrons. The summed E-state index contributed by atoms with van der Waals surface area (Å²) in [6, 6.07) is 5.84. The van der Waals surface area contributed by atoms with Crippen molar-refractivity contribution >= 4 is 51.5 Å². The van der Waals surface area contributed by atoms with Gasteiger partial charge in [-0.15, -0.1) is 24.8 Å². The molecule has 5 nitrogen and oxygen atoms in total. The van der Waals surface area contributed by atoms with Crippen LogP contribution in [0.5, 0.6) is 5.75 Å². The molecule has 1 heterocycles. The average Bonchev–Trinajstić information content (AvgIpc) is 2.70. The van der Waals surface area contributed by atoms with Gasteiger partial charge in [0.15, 0.2) is 5.13 Å². The van der Waals surface area contributed by atoms with E-state index in [4.69, 9.17) is 16.2 Å². The summed E-state index contributed by atoms with van der Waals surface area (Å²) in [5.74, 6) is 0.729. The lowest BCUT2D eigenvalue weighted by Gasteiger charge is -2.08. The molecule has 2 rings (SSSR count). The number of hydrogen-bond acceptors (Lipinski definition) is 6. The minimum absolute atomic E-state index is 0. The molecule has 0 radical (unpaired) electrons. The fraction of sp³-hybridized carbons (Fsp3) is 0.364. The van der Waals surface area contributed by atoms with E-state index in [1.165, 1.54) is 0 Å². The number of hydrogen-bond donors (Lipinski definition) is 2. The first-order valence-corrected chi connectivity index (χ1v) is 6.10. The molecule has 0 saturated heterocycles. The first kappa shape index (κ1) is 18.2. The summed E-state index contributed by atoms with van der Waals surface area (Å²) in [7, 11) is 3.93. The van der Waals surface area contributed by atoms with Crippen molar-refractivity contribution in [2.24, 2.45) is 11.5 Å². The Labute approximate surface area is 128 Å². The van der Waals surface area contributed by atoms with Gasteiger partial charge in [-0.05, 0) is 12.1 Å². The summed E-state index contributed by atoms with van der Waals surface area (Å²) in [6.07, 6.45) is -0.475. The summed E-state index contributed by atoms with van der Waals surface area (Å²) < 4.78 is 6.64. The third kappa shape index (κ3) is 4.36. The van der Waals surface area contributed by atoms with Crippen molar-refractivity contribution in [1.82, 2.24) is 4.98 Å². The van der Waals surface area contributed by atoms with Crippen molar-refractivity contribution in [2.75, 3.05) is 25.6 Å². The standard InChI is InChI=1S/C11H16N4OS.2ClH/c1-15(2)11-14-10-7(16-6-9(12)13)4-3-5-8(10)17-11;;/h3-5,9H,6,12-13H2,1-2H3;2*1H. The Kier molecular flexibility index (Phi) is 7.39. The zero-order valence-electron chi connectivity index (χ0n) is 10.7. The van der Waals surface area contributed by atoms with Crippen LogP contribution in [0.2, 0.25) is 0 Å². The number of aromatic nitrogens is 1. The Morgan fingerprint density at radius 1 is 1.32 bits per heavy atom. The van der Waals surface area contributed by atoms with Gasteiger partial charge in [0.2, 0.25) is 0 Å². The normalized spacial score (nSPS) is 9.95. The van der Waals surface area contributed by atoms with E-state index in [9.17, 15) is 0 Å². The van der Waals surface area contributed by atoms with Crippen LogP contribution < -0.4 is 21.1 Å². The molecule has 1 aromatic carbocycles. The van der Waals surface area contributed by atoms with Gasteiger partial charge in [0.1, 0.15) is 17.9 Å². The van der Waals surface area contributed by atoms with Gasteiger partial charge in [0, 0.05) is 14.1 Å². The van der Waals surface area contributed by atoms with E-state index in [1.807, 2.05) is 37.2 Å². The molecule has 19 heavy (non-hydrogen) atoms. The van der Waals surface area contributed by atoms with Crippen molar-refractivity contribution in [3.05, 3.63) is 18.2 Å². The molecular formula is C11H18Cl2N4OS. The number of benzene rings is 1. The van der Waals surface area contributed by atoms with Crippen molar-refractivity contribution in [3.8, 4) is 5.75 Å². The van der Waals surface area contributed by atoms with E-state index < -0.39 is 6.17 Å². The molecular weight excluding hydrogens is 307 g/mol. The number of thiazole rings is 1. The van der Waals surface area contributed by atoms with E-state index in [2.05, 4.69) is 4.98 Å². The summed E-state index contributed by atoms with van der Waals surface area (Å²) in [5, 5.41) is 0.952. The lowest BCUT2D eigenvalue weighted by atomic mass is 10.3. The first-order valence-electron chi connectivity index (χ1n) is 5.29. The van der Waals surface area contributed by atoms with Gasteiger partial charge in [-0.2, -0.15) is 0 Å². The second kappa shape index (κ2) is 7.72. The zero-order valence-corrected chi connectivity index (χ0v) is 13.1. The SMILES string of the molecule is CN(C)c1nc2c(OCC(N)N)cccc2s1.Cl.Cl. The van der Waals surface area contributed by atoms with Gasteiger partial charge in [0.25, 0.3) is 0 Å². The smallest absolute Gasteiger partial charge is 0.186 e. The number of nitrogens with two attached hydrogens (primary N) is 2. The predicted molar refractivity (Wildman–Crippen MR) is 86.1 cm³/mol.